The first kappa shape index (κ1) is 20.3. The minimum Gasteiger partial charge on any atom is -0.480 e. The number of nitrogens with zero attached hydrogens (tertiary/aromatic N) is 3. The Morgan fingerprint density at radius 2 is 2.20 bits per heavy atom. The van der Waals surface area contributed by atoms with E-state index in [1.165, 1.54) is 43.4 Å². The third-order valence-electron chi connectivity index (χ3n) is 5.47. The van der Waals surface area contributed by atoms with Crippen molar-refractivity contribution in [3.8, 4) is 5.88 Å². The number of fused-ring (bicyclic) bond motifs is 1. The molecule has 4 rings (SSSR count). The molecule has 1 aromatic heterocycles. The number of hydrogen-bond acceptors (Lipinski definition) is 7. The zero-order chi connectivity index (χ0) is 21.3. The van der Waals surface area contributed by atoms with Crippen LogP contribution in [0.2, 0.25) is 0 Å². The fourth-order valence-corrected chi connectivity index (χ4v) is 5.11. The van der Waals surface area contributed by atoms with Crippen LogP contribution in [0, 0.1) is 11.7 Å². The molecule has 0 fully saturated rings. The molecule has 3 N–H and O–H groups in total. The lowest BCUT2D eigenvalue weighted by Gasteiger charge is -2.41. The van der Waals surface area contributed by atoms with E-state index in [0.29, 0.717) is 22.3 Å². The third-order valence-corrected chi connectivity index (χ3v) is 6.46. The van der Waals surface area contributed by atoms with Crippen molar-refractivity contribution in [2.75, 3.05) is 12.4 Å². The molecule has 1 amide bonds. The molecule has 0 radical (unpaired) electrons. The summed E-state index contributed by atoms with van der Waals surface area (Å²) in [5, 5.41) is 3.18. The van der Waals surface area contributed by atoms with Crippen molar-refractivity contribution in [1.82, 2.24) is 9.97 Å². The number of thioether (sulfide) groups is 1. The maximum atomic E-state index is 14.9. The lowest BCUT2D eigenvalue weighted by atomic mass is 9.74. The summed E-state index contributed by atoms with van der Waals surface area (Å²) in [5.74, 6) is -0.469. The Bertz CT molecular complexity index is 1040. The highest BCUT2D eigenvalue weighted by Gasteiger charge is 2.44. The normalized spacial score (nSPS) is 23.1. The van der Waals surface area contributed by atoms with E-state index in [2.05, 4.69) is 26.4 Å². The highest BCUT2D eigenvalue weighted by atomic mass is 32.2. The van der Waals surface area contributed by atoms with Crippen molar-refractivity contribution in [3.63, 3.8) is 0 Å². The minimum absolute atomic E-state index is 0.0523. The van der Waals surface area contributed by atoms with Crippen molar-refractivity contribution in [2.24, 2.45) is 16.6 Å². The van der Waals surface area contributed by atoms with Gasteiger partial charge in [-0.2, -0.15) is 0 Å². The fraction of sp³-hybridized carbons (Fsp3) is 0.333. The molecular weight excluding hydrogens is 405 g/mol. The number of ether oxygens (including phenoxy) is 1. The number of hydrogen-bond donors (Lipinski definition) is 2. The topological polar surface area (TPSA) is 102 Å². The predicted octanol–water partition coefficient (Wildman–Crippen LogP) is 3.84. The second kappa shape index (κ2) is 8.06. The van der Waals surface area contributed by atoms with Gasteiger partial charge in [0.05, 0.1) is 25.0 Å². The summed E-state index contributed by atoms with van der Waals surface area (Å²) in [7, 11) is 1.47. The first-order chi connectivity index (χ1) is 14.4. The maximum absolute atomic E-state index is 14.9. The van der Waals surface area contributed by atoms with Gasteiger partial charge in [0, 0.05) is 17.2 Å². The van der Waals surface area contributed by atoms with E-state index in [9.17, 15) is 9.18 Å². The second-order valence-corrected chi connectivity index (χ2v) is 8.48. The number of aliphatic imine (C=N–C) groups is 1. The number of amidine groups is 1. The molecule has 0 bridgehead atoms. The quantitative estimate of drug-likeness (QED) is 0.769. The zero-order valence-corrected chi connectivity index (χ0v) is 17.5. The number of nitrogens with one attached hydrogen (secondary N) is 1. The molecule has 1 aromatic carbocycles. The molecule has 1 unspecified atom stereocenters. The zero-order valence-electron chi connectivity index (χ0n) is 16.7. The number of halogens is 1. The summed E-state index contributed by atoms with van der Waals surface area (Å²) in [5.41, 5.74) is 6.22. The van der Waals surface area contributed by atoms with Crippen molar-refractivity contribution < 1.29 is 13.9 Å². The Morgan fingerprint density at radius 1 is 1.37 bits per heavy atom. The molecule has 1 aliphatic heterocycles. The molecule has 0 saturated heterocycles. The molecule has 7 nitrogen and oxygen atoms in total. The van der Waals surface area contributed by atoms with Crippen molar-refractivity contribution in [1.29, 1.82) is 0 Å². The first-order valence-corrected chi connectivity index (χ1v) is 10.4. The molecule has 9 heteroatoms. The third kappa shape index (κ3) is 3.77. The number of amides is 1. The molecular formula is C21H22FN5O2S. The Morgan fingerprint density at radius 3 is 2.93 bits per heavy atom. The Kier molecular flexibility index (Phi) is 5.46. The monoisotopic (exact) mass is 427 g/mol. The smallest absolute Gasteiger partial charge is 0.275 e. The first-order valence-electron chi connectivity index (χ1n) is 9.61. The number of carbonyl (C=O) groups is 1. The van der Waals surface area contributed by atoms with E-state index in [1.807, 2.05) is 6.92 Å². The number of allylic oxidation sites excluding steroid dienone is 1. The molecule has 0 spiro atoms. The highest BCUT2D eigenvalue weighted by molar-refractivity contribution is 8.17. The minimum atomic E-state index is -0.841. The van der Waals surface area contributed by atoms with E-state index in [1.54, 1.807) is 6.07 Å². The summed E-state index contributed by atoms with van der Waals surface area (Å²) in [6.45, 7) is 1.91. The highest BCUT2D eigenvalue weighted by Crippen LogP contribution is 2.50. The average molecular weight is 428 g/mol. The molecule has 2 atom stereocenters. The van der Waals surface area contributed by atoms with Crippen LogP contribution in [0.5, 0.6) is 5.88 Å². The summed E-state index contributed by atoms with van der Waals surface area (Å²) in [6, 6.07) is 4.48. The van der Waals surface area contributed by atoms with Crippen LogP contribution in [0.1, 0.15) is 42.2 Å². The van der Waals surface area contributed by atoms with Crippen LogP contribution in [0.15, 0.2) is 46.6 Å². The van der Waals surface area contributed by atoms with Crippen molar-refractivity contribution in [2.45, 2.75) is 31.7 Å². The van der Waals surface area contributed by atoms with E-state index < -0.39 is 11.4 Å². The van der Waals surface area contributed by atoms with Crippen LogP contribution < -0.4 is 15.8 Å². The number of nitrogens with two attached hydrogens (primary N) is 1. The van der Waals surface area contributed by atoms with Crippen LogP contribution in [-0.2, 0) is 5.54 Å². The van der Waals surface area contributed by atoms with Crippen LogP contribution in [-0.4, -0.2) is 28.2 Å². The average Bonchev–Trinajstić information content (AvgIpc) is 2.75. The number of rotatable bonds is 4. The molecule has 2 aromatic rings. The van der Waals surface area contributed by atoms with Gasteiger partial charge in [0.25, 0.3) is 5.91 Å². The molecule has 30 heavy (non-hydrogen) atoms. The Labute approximate surface area is 178 Å². The van der Waals surface area contributed by atoms with Crippen LogP contribution in [0.25, 0.3) is 0 Å². The van der Waals surface area contributed by atoms with Crippen LogP contribution in [0.3, 0.4) is 0 Å². The molecule has 1 aliphatic carbocycles. The van der Waals surface area contributed by atoms with Gasteiger partial charge < -0.3 is 15.8 Å². The predicted molar refractivity (Wildman–Crippen MR) is 115 cm³/mol. The number of aromatic nitrogens is 2. The summed E-state index contributed by atoms with van der Waals surface area (Å²) in [4.78, 5) is 26.3. The molecule has 156 valence electrons. The number of carbonyl (C=O) groups excluding carboxylic acids is 1. The van der Waals surface area contributed by atoms with Gasteiger partial charge in [-0.1, -0.05) is 17.8 Å². The van der Waals surface area contributed by atoms with Gasteiger partial charge in [-0.3, -0.25) is 9.79 Å². The standard InChI is InChI=1S/C21H22FN5O2S/c1-21(13-5-3-4-6-17(13)30-20(23)27-21)14-9-12(7-8-15(14)22)26-19(28)16-10-25-18(29-2)11-24-16/h6-11,13H,3-5H2,1-2H3,(H2,23,27)(H,26,28)/t13?,21-/m0/s1. The number of benzene rings is 1. The van der Waals surface area contributed by atoms with Gasteiger partial charge in [0.1, 0.15) is 11.5 Å². The largest absolute Gasteiger partial charge is 0.480 e. The Hall–Kier alpha value is -2.94. The summed E-state index contributed by atoms with van der Waals surface area (Å²) < 4.78 is 19.9. The Balaban J connectivity index is 1.66. The van der Waals surface area contributed by atoms with Crippen molar-refractivity contribution in [3.05, 3.63) is 58.6 Å². The summed E-state index contributed by atoms with van der Waals surface area (Å²) >= 11 is 1.46. The van der Waals surface area contributed by atoms with Gasteiger partial charge in [-0.05, 0) is 49.3 Å². The fourth-order valence-electron chi connectivity index (χ4n) is 3.94. The molecule has 2 aliphatic rings. The van der Waals surface area contributed by atoms with Gasteiger partial charge in [0.2, 0.25) is 5.88 Å². The number of methoxy groups -OCH3 is 1. The van der Waals surface area contributed by atoms with Crippen LogP contribution >= 0.6 is 11.8 Å². The second-order valence-electron chi connectivity index (χ2n) is 7.38. The number of anilines is 1. The van der Waals surface area contributed by atoms with E-state index in [4.69, 9.17) is 10.5 Å². The van der Waals surface area contributed by atoms with Crippen molar-refractivity contribution >= 4 is 28.5 Å². The molecule has 2 heterocycles. The SMILES string of the molecule is COc1cnc(C(=O)Nc2ccc(F)c([C@@]3(C)N=C(N)SC4=CCCCC43)c2)cn1. The lowest BCUT2D eigenvalue weighted by molar-refractivity contribution is 0.102. The van der Waals surface area contributed by atoms with E-state index in [-0.39, 0.29) is 17.4 Å². The van der Waals surface area contributed by atoms with Crippen LogP contribution in [0.4, 0.5) is 10.1 Å². The van der Waals surface area contributed by atoms with Gasteiger partial charge in [-0.15, -0.1) is 0 Å². The summed E-state index contributed by atoms with van der Waals surface area (Å²) in [6.07, 6.45) is 7.77. The van der Waals surface area contributed by atoms with E-state index in [0.717, 1.165) is 24.2 Å². The lowest BCUT2D eigenvalue weighted by Crippen LogP contribution is -2.38. The van der Waals surface area contributed by atoms with Gasteiger partial charge in [-0.25, -0.2) is 14.4 Å². The molecule has 0 saturated carbocycles. The van der Waals surface area contributed by atoms with Gasteiger partial charge in [0.15, 0.2) is 5.17 Å². The van der Waals surface area contributed by atoms with E-state index >= 15 is 0 Å². The van der Waals surface area contributed by atoms with Gasteiger partial charge >= 0.3 is 0 Å². The maximum Gasteiger partial charge on any atom is 0.275 e.